The van der Waals surface area contributed by atoms with Gasteiger partial charge >= 0.3 is 0 Å². The highest BCUT2D eigenvalue weighted by Gasteiger charge is 2.33. The molecule has 2 heterocycles. The van der Waals surface area contributed by atoms with Crippen LogP contribution in [0.4, 0.5) is 5.69 Å². The van der Waals surface area contributed by atoms with E-state index in [2.05, 4.69) is 11.0 Å². The Balaban J connectivity index is 1.85. The fraction of sp³-hybridized carbons (Fsp3) is 0.0833. The highest BCUT2D eigenvalue weighted by atomic mass is 35.5. The van der Waals surface area contributed by atoms with Gasteiger partial charge in [-0.05, 0) is 36.2 Å². The van der Waals surface area contributed by atoms with Crippen LogP contribution in [-0.2, 0) is 11.3 Å². The summed E-state index contributed by atoms with van der Waals surface area (Å²) in [6.45, 7) is 2.28. The molecular weight excluding hydrogens is 368 g/mol. The molecule has 2 aliphatic rings. The maximum absolute atomic E-state index is 12.7. The molecular formula is C24H17ClN2O. The third kappa shape index (κ3) is 2.59. The Morgan fingerprint density at radius 3 is 2.50 bits per heavy atom. The number of halogens is 1. The molecule has 0 fully saturated rings. The predicted molar refractivity (Wildman–Crippen MR) is 114 cm³/mol. The molecule has 0 spiro atoms. The van der Waals surface area contributed by atoms with Crippen LogP contribution in [-0.4, -0.2) is 11.5 Å². The van der Waals surface area contributed by atoms with Crippen LogP contribution < -0.4 is 4.90 Å². The monoisotopic (exact) mass is 384 g/mol. The molecule has 0 aromatic heterocycles. The number of nitrogens with zero attached hydrogens (tertiary/aromatic N) is 2. The SMILES string of the molecule is CC(=O)C1=C2N=C(c3ccccc3)c3cc(Cl)ccc3N2Cc2ccccc21. The van der Waals surface area contributed by atoms with Crippen LogP contribution in [0.25, 0.3) is 5.57 Å². The third-order valence-electron chi connectivity index (χ3n) is 5.22. The van der Waals surface area contributed by atoms with Crippen LogP contribution in [0, 0.1) is 0 Å². The molecule has 0 N–H and O–H groups in total. The molecule has 0 atom stereocenters. The van der Waals surface area contributed by atoms with Gasteiger partial charge in [-0.1, -0.05) is 66.2 Å². The molecule has 0 radical (unpaired) electrons. The van der Waals surface area contributed by atoms with E-state index in [-0.39, 0.29) is 5.78 Å². The Morgan fingerprint density at radius 2 is 1.71 bits per heavy atom. The number of benzene rings is 3. The van der Waals surface area contributed by atoms with Gasteiger partial charge in [0.15, 0.2) is 5.78 Å². The minimum absolute atomic E-state index is 0.0146. The molecule has 136 valence electrons. The van der Waals surface area contributed by atoms with Gasteiger partial charge in [0.25, 0.3) is 0 Å². The van der Waals surface area contributed by atoms with E-state index in [4.69, 9.17) is 16.6 Å². The first-order valence-corrected chi connectivity index (χ1v) is 9.56. The lowest BCUT2D eigenvalue weighted by molar-refractivity contribution is -0.111. The maximum atomic E-state index is 12.7. The van der Waals surface area contributed by atoms with Gasteiger partial charge in [0.05, 0.1) is 23.5 Å². The largest absolute Gasteiger partial charge is 0.321 e. The zero-order valence-electron chi connectivity index (χ0n) is 15.3. The van der Waals surface area contributed by atoms with Crippen LogP contribution in [0.1, 0.15) is 29.2 Å². The van der Waals surface area contributed by atoms with Crippen LogP contribution in [0.15, 0.2) is 83.6 Å². The fourth-order valence-corrected chi connectivity index (χ4v) is 4.15. The smallest absolute Gasteiger partial charge is 0.164 e. The fourth-order valence-electron chi connectivity index (χ4n) is 3.98. The molecule has 0 saturated heterocycles. The Kier molecular flexibility index (Phi) is 3.92. The molecule has 0 bridgehead atoms. The van der Waals surface area contributed by atoms with E-state index in [1.807, 2.05) is 66.7 Å². The molecule has 0 unspecified atom stereocenters. The summed E-state index contributed by atoms with van der Waals surface area (Å²) in [6.07, 6.45) is 0. The van der Waals surface area contributed by atoms with Gasteiger partial charge in [-0.2, -0.15) is 0 Å². The maximum Gasteiger partial charge on any atom is 0.164 e. The van der Waals surface area contributed by atoms with Crippen molar-refractivity contribution in [2.24, 2.45) is 4.99 Å². The number of hydrogen-bond acceptors (Lipinski definition) is 3. The average Bonchev–Trinajstić information content (AvgIpc) is 2.71. The second kappa shape index (κ2) is 6.47. The van der Waals surface area contributed by atoms with Crippen molar-refractivity contribution in [1.29, 1.82) is 0 Å². The van der Waals surface area contributed by atoms with Crippen molar-refractivity contribution >= 4 is 34.4 Å². The van der Waals surface area contributed by atoms with Crippen molar-refractivity contribution in [3.8, 4) is 0 Å². The Morgan fingerprint density at radius 1 is 0.964 bits per heavy atom. The molecule has 0 aliphatic carbocycles. The van der Waals surface area contributed by atoms with Crippen molar-refractivity contribution in [2.75, 3.05) is 4.90 Å². The van der Waals surface area contributed by atoms with Gasteiger partial charge in [-0.15, -0.1) is 0 Å². The number of fused-ring (bicyclic) bond motifs is 4. The molecule has 28 heavy (non-hydrogen) atoms. The first-order valence-electron chi connectivity index (χ1n) is 9.18. The molecule has 5 rings (SSSR count). The zero-order chi connectivity index (χ0) is 19.3. The van der Waals surface area contributed by atoms with Crippen LogP contribution in [0.5, 0.6) is 0 Å². The Bertz CT molecular complexity index is 1180. The summed E-state index contributed by atoms with van der Waals surface area (Å²) < 4.78 is 0. The van der Waals surface area contributed by atoms with Gasteiger partial charge in [0.2, 0.25) is 0 Å². The summed E-state index contributed by atoms with van der Waals surface area (Å²) in [5, 5.41) is 0.666. The number of aliphatic imine (C=N–C) groups is 1. The van der Waals surface area contributed by atoms with E-state index in [0.717, 1.165) is 33.7 Å². The summed E-state index contributed by atoms with van der Waals surface area (Å²) in [4.78, 5) is 19.8. The second-order valence-electron chi connectivity index (χ2n) is 6.99. The topological polar surface area (TPSA) is 32.7 Å². The molecule has 3 nitrogen and oxygen atoms in total. The van der Waals surface area contributed by atoms with Crippen molar-refractivity contribution in [3.05, 3.63) is 106 Å². The summed E-state index contributed by atoms with van der Waals surface area (Å²) in [7, 11) is 0. The number of allylic oxidation sites excluding steroid dienone is 1. The van der Waals surface area contributed by atoms with E-state index >= 15 is 0 Å². The number of rotatable bonds is 2. The number of anilines is 1. The molecule has 0 amide bonds. The van der Waals surface area contributed by atoms with Crippen molar-refractivity contribution in [1.82, 2.24) is 0 Å². The summed E-state index contributed by atoms with van der Waals surface area (Å²) >= 11 is 6.33. The quantitative estimate of drug-likeness (QED) is 0.587. The Labute approximate surface area is 168 Å². The van der Waals surface area contributed by atoms with E-state index in [9.17, 15) is 4.79 Å². The van der Waals surface area contributed by atoms with Gasteiger partial charge in [0.1, 0.15) is 5.82 Å². The van der Waals surface area contributed by atoms with Crippen LogP contribution in [0.3, 0.4) is 0 Å². The number of Topliss-reactive ketones (excluding diaryl/α,β-unsaturated/α-hetero) is 1. The highest BCUT2D eigenvalue weighted by Crippen LogP contribution is 2.42. The minimum atomic E-state index is 0.0146. The molecule has 3 aromatic rings. The number of carbonyl (C=O) groups excluding carboxylic acids is 1. The van der Waals surface area contributed by atoms with Crippen molar-refractivity contribution in [2.45, 2.75) is 13.5 Å². The average molecular weight is 385 g/mol. The van der Waals surface area contributed by atoms with Gasteiger partial charge in [-0.3, -0.25) is 4.79 Å². The van der Waals surface area contributed by atoms with E-state index in [1.165, 1.54) is 0 Å². The summed E-state index contributed by atoms with van der Waals surface area (Å²) in [5.74, 6) is 0.723. The first-order chi connectivity index (χ1) is 13.6. The standard InChI is InChI=1S/C24H17ClN2O/c1-15(28)22-19-10-6-5-9-17(19)14-27-21-12-11-18(25)13-20(21)23(26-24(22)27)16-7-3-2-4-8-16/h2-13H,14H2,1H3. The Hall–Kier alpha value is -3.17. The number of ketones is 1. The highest BCUT2D eigenvalue weighted by molar-refractivity contribution is 6.32. The van der Waals surface area contributed by atoms with E-state index in [0.29, 0.717) is 23.0 Å². The lowest BCUT2D eigenvalue weighted by Crippen LogP contribution is -2.33. The van der Waals surface area contributed by atoms with E-state index in [1.54, 1.807) is 6.92 Å². The second-order valence-corrected chi connectivity index (χ2v) is 7.42. The minimum Gasteiger partial charge on any atom is -0.321 e. The van der Waals surface area contributed by atoms with Gasteiger partial charge in [0, 0.05) is 16.1 Å². The lowest BCUT2D eigenvalue weighted by atomic mass is 9.90. The first kappa shape index (κ1) is 17.0. The van der Waals surface area contributed by atoms with Crippen LogP contribution >= 0.6 is 11.6 Å². The predicted octanol–water partition coefficient (Wildman–Crippen LogP) is 5.47. The molecule has 3 aromatic carbocycles. The summed E-state index contributed by atoms with van der Waals surface area (Å²) in [5.41, 5.74) is 6.58. The molecule has 0 saturated carbocycles. The molecule has 2 aliphatic heterocycles. The van der Waals surface area contributed by atoms with Gasteiger partial charge < -0.3 is 4.90 Å². The lowest BCUT2D eigenvalue weighted by Gasteiger charge is -2.37. The third-order valence-corrected chi connectivity index (χ3v) is 5.45. The van der Waals surface area contributed by atoms with Crippen LogP contribution in [0.2, 0.25) is 5.02 Å². The summed E-state index contributed by atoms with van der Waals surface area (Å²) in [6, 6.07) is 23.9. The number of carbonyl (C=O) groups is 1. The van der Waals surface area contributed by atoms with Crippen molar-refractivity contribution in [3.63, 3.8) is 0 Å². The van der Waals surface area contributed by atoms with Crippen molar-refractivity contribution < 1.29 is 4.79 Å². The normalized spacial score (nSPS) is 14.8. The molecule has 4 heteroatoms. The zero-order valence-corrected chi connectivity index (χ0v) is 16.1. The van der Waals surface area contributed by atoms with E-state index < -0.39 is 0 Å². The number of hydrogen-bond donors (Lipinski definition) is 0. The van der Waals surface area contributed by atoms with Gasteiger partial charge in [-0.25, -0.2) is 4.99 Å².